The summed E-state index contributed by atoms with van der Waals surface area (Å²) in [6.07, 6.45) is 1.82. The largest absolute Gasteiger partial charge is 0.304 e. The van der Waals surface area contributed by atoms with Gasteiger partial charge in [0.05, 0.1) is 5.75 Å². The molecular formula is C13H24N4O2S2. The number of rotatable bonds is 5. The lowest BCUT2D eigenvalue weighted by molar-refractivity contribution is 0.302. The maximum absolute atomic E-state index is 12.1. The number of nitrogens with zero attached hydrogens (tertiary/aromatic N) is 3. The summed E-state index contributed by atoms with van der Waals surface area (Å²) in [5.41, 5.74) is 0. The van der Waals surface area contributed by atoms with Crippen LogP contribution in [0.5, 0.6) is 0 Å². The Morgan fingerprint density at radius 1 is 1.48 bits per heavy atom. The molecule has 2 heterocycles. The maximum atomic E-state index is 12.1. The number of aromatic nitrogens is 3. The molecule has 0 spiro atoms. The summed E-state index contributed by atoms with van der Waals surface area (Å²) in [5.74, 6) is 1.63. The third kappa shape index (κ3) is 3.73. The first-order valence-electron chi connectivity index (χ1n) is 7.48. The Morgan fingerprint density at radius 2 is 2.19 bits per heavy atom. The van der Waals surface area contributed by atoms with Gasteiger partial charge in [-0.25, -0.2) is 12.7 Å². The number of hydrogen-bond donors (Lipinski definition) is 1. The predicted molar refractivity (Wildman–Crippen MR) is 85.3 cm³/mol. The number of hydrogen-bond acceptors (Lipinski definition) is 4. The van der Waals surface area contributed by atoms with E-state index in [1.165, 1.54) is 0 Å². The quantitative estimate of drug-likeness (QED) is 0.839. The molecule has 1 aliphatic rings. The van der Waals surface area contributed by atoms with Crippen LogP contribution in [0.25, 0.3) is 0 Å². The van der Waals surface area contributed by atoms with Gasteiger partial charge < -0.3 is 4.57 Å². The molecule has 0 aliphatic carbocycles. The standard InChI is InChI=1S/C13H24N4O2S2/c1-4-21(18,19)16-7-5-6-11(9-16)12-14-15-13(20)17(12)8-10(2)3/h10-11H,4-9H2,1-3H3,(H,15,20). The molecule has 1 aliphatic heterocycles. The van der Waals surface area contributed by atoms with E-state index in [0.717, 1.165) is 25.2 Å². The summed E-state index contributed by atoms with van der Waals surface area (Å²) in [7, 11) is -3.13. The zero-order valence-electron chi connectivity index (χ0n) is 12.9. The van der Waals surface area contributed by atoms with Gasteiger partial charge in [-0.2, -0.15) is 5.10 Å². The van der Waals surface area contributed by atoms with Gasteiger partial charge in [0.25, 0.3) is 0 Å². The molecule has 0 amide bonds. The Bertz CT molecular complexity index is 633. The van der Waals surface area contributed by atoms with Gasteiger partial charge >= 0.3 is 0 Å². The topological polar surface area (TPSA) is 71.0 Å². The molecule has 2 rings (SSSR count). The first-order chi connectivity index (χ1) is 9.85. The monoisotopic (exact) mass is 332 g/mol. The van der Waals surface area contributed by atoms with Crippen molar-refractivity contribution in [2.75, 3.05) is 18.8 Å². The molecule has 6 nitrogen and oxygen atoms in total. The molecule has 1 aromatic heterocycles. The summed E-state index contributed by atoms with van der Waals surface area (Å²) in [6.45, 7) is 7.88. The van der Waals surface area contributed by atoms with E-state index in [-0.39, 0.29) is 11.7 Å². The van der Waals surface area contributed by atoms with Crippen LogP contribution in [0.1, 0.15) is 45.4 Å². The normalized spacial score (nSPS) is 21.0. The first-order valence-corrected chi connectivity index (χ1v) is 9.49. The lowest BCUT2D eigenvalue weighted by Crippen LogP contribution is -2.40. The van der Waals surface area contributed by atoms with Crippen molar-refractivity contribution >= 4 is 22.2 Å². The Morgan fingerprint density at radius 3 is 2.81 bits per heavy atom. The minimum Gasteiger partial charge on any atom is -0.304 e. The van der Waals surface area contributed by atoms with E-state index in [0.29, 0.717) is 23.8 Å². The second kappa shape index (κ2) is 6.58. The second-order valence-electron chi connectivity index (χ2n) is 5.99. The minimum atomic E-state index is -3.13. The SMILES string of the molecule is CCS(=O)(=O)N1CCCC(c2n[nH]c(=S)n2CC(C)C)C1. The van der Waals surface area contributed by atoms with Gasteiger partial charge in [0, 0.05) is 25.6 Å². The van der Waals surface area contributed by atoms with Crippen molar-refractivity contribution in [1.29, 1.82) is 0 Å². The molecule has 0 radical (unpaired) electrons. The summed E-state index contributed by atoms with van der Waals surface area (Å²) >= 11 is 5.30. The molecule has 1 saturated heterocycles. The third-order valence-corrected chi connectivity index (χ3v) is 6.00. The molecule has 0 aromatic carbocycles. The van der Waals surface area contributed by atoms with Crippen LogP contribution >= 0.6 is 12.2 Å². The molecule has 1 aromatic rings. The average molecular weight is 332 g/mol. The van der Waals surface area contributed by atoms with Crippen molar-refractivity contribution < 1.29 is 8.42 Å². The lowest BCUT2D eigenvalue weighted by atomic mass is 9.98. The van der Waals surface area contributed by atoms with Crippen LogP contribution in [-0.2, 0) is 16.6 Å². The minimum absolute atomic E-state index is 0.117. The fraction of sp³-hybridized carbons (Fsp3) is 0.846. The zero-order chi connectivity index (χ0) is 15.6. The molecule has 1 unspecified atom stereocenters. The lowest BCUT2D eigenvalue weighted by Gasteiger charge is -2.31. The van der Waals surface area contributed by atoms with Gasteiger partial charge in [0.2, 0.25) is 10.0 Å². The van der Waals surface area contributed by atoms with E-state index in [1.54, 1.807) is 11.2 Å². The van der Waals surface area contributed by atoms with Crippen LogP contribution in [0.4, 0.5) is 0 Å². The van der Waals surface area contributed by atoms with E-state index in [1.807, 2.05) is 4.57 Å². The molecule has 21 heavy (non-hydrogen) atoms. The van der Waals surface area contributed by atoms with Crippen LogP contribution < -0.4 is 0 Å². The summed E-state index contributed by atoms with van der Waals surface area (Å²) in [5, 5.41) is 7.21. The first kappa shape index (κ1) is 16.6. The van der Waals surface area contributed by atoms with Crippen LogP contribution in [0.15, 0.2) is 0 Å². The van der Waals surface area contributed by atoms with E-state index >= 15 is 0 Å². The Balaban J connectivity index is 2.24. The van der Waals surface area contributed by atoms with E-state index in [4.69, 9.17) is 12.2 Å². The average Bonchev–Trinajstić information content (AvgIpc) is 2.80. The van der Waals surface area contributed by atoms with E-state index in [9.17, 15) is 8.42 Å². The number of H-pyrrole nitrogens is 1. The predicted octanol–water partition coefficient (Wildman–Crippen LogP) is 2.13. The molecule has 0 bridgehead atoms. The van der Waals surface area contributed by atoms with Crippen molar-refractivity contribution in [1.82, 2.24) is 19.1 Å². The highest BCUT2D eigenvalue weighted by molar-refractivity contribution is 7.89. The number of sulfonamides is 1. The Hall–Kier alpha value is -0.730. The van der Waals surface area contributed by atoms with Gasteiger partial charge in [0.1, 0.15) is 5.82 Å². The van der Waals surface area contributed by atoms with Gasteiger partial charge in [-0.05, 0) is 37.9 Å². The van der Waals surface area contributed by atoms with Crippen molar-refractivity contribution in [2.24, 2.45) is 5.92 Å². The Kier molecular flexibility index (Phi) is 5.21. The highest BCUT2D eigenvalue weighted by Gasteiger charge is 2.31. The van der Waals surface area contributed by atoms with Crippen molar-refractivity contribution in [3.8, 4) is 0 Å². The number of aromatic amines is 1. The molecule has 0 saturated carbocycles. The molecule has 120 valence electrons. The van der Waals surface area contributed by atoms with Crippen molar-refractivity contribution in [3.05, 3.63) is 10.6 Å². The van der Waals surface area contributed by atoms with Crippen molar-refractivity contribution in [2.45, 2.75) is 46.1 Å². The van der Waals surface area contributed by atoms with Crippen LogP contribution in [0.3, 0.4) is 0 Å². The van der Waals surface area contributed by atoms with E-state index in [2.05, 4.69) is 24.0 Å². The third-order valence-electron chi connectivity index (χ3n) is 3.84. The van der Waals surface area contributed by atoms with Crippen LogP contribution in [0, 0.1) is 10.7 Å². The van der Waals surface area contributed by atoms with Crippen LogP contribution in [-0.4, -0.2) is 46.3 Å². The summed E-state index contributed by atoms with van der Waals surface area (Å²) in [4.78, 5) is 0. The van der Waals surface area contributed by atoms with Gasteiger partial charge in [-0.3, -0.25) is 5.10 Å². The Labute approximate surface area is 131 Å². The molecule has 1 atom stereocenters. The molecular weight excluding hydrogens is 308 g/mol. The van der Waals surface area contributed by atoms with Gasteiger partial charge in [0.15, 0.2) is 4.77 Å². The summed E-state index contributed by atoms with van der Waals surface area (Å²) < 4.78 is 28.4. The highest BCUT2D eigenvalue weighted by Crippen LogP contribution is 2.27. The molecule has 1 fully saturated rings. The molecule has 1 N–H and O–H groups in total. The molecule has 8 heteroatoms. The van der Waals surface area contributed by atoms with Gasteiger partial charge in [-0.15, -0.1) is 0 Å². The van der Waals surface area contributed by atoms with Gasteiger partial charge in [-0.1, -0.05) is 13.8 Å². The number of nitrogens with one attached hydrogen (secondary N) is 1. The van der Waals surface area contributed by atoms with E-state index < -0.39 is 10.0 Å². The summed E-state index contributed by atoms with van der Waals surface area (Å²) in [6, 6.07) is 0. The van der Waals surface area contributed by atoms with Crippen molar-refractivity contribution in [3.63, 3.8) is 0 Å². The van der Waals surface area contributed by atoms with Crippen LogP contribution in [0.2, 0.25) is 0 Å². The highest BCUT2D eigenvalue weighted by atomic mass is 32.2. The smallest absolute Gasteiger partial charge is 0.213 e. The fourth-order valence-electron chi connectivity index (χ4n) is 2.77. The number of piperidine rings is 1. The zero-order valence-corrected chi connectivity index (χ0v) is 14.5. The fourth-order valence-corrected chi connectivity index (χ4v) is 4.16. The second-order valence-corrected chi connectivity index (χ2v) is 8.63. The maximum Gasteiger partial charge on any atom is 0.213 e.